The number of urea groups is 1. The summed E-state index contributed by atoms with van der Waals surface area (Å²) in [6, 6.07) is 7.35. The summed E-state index contributed by atoms with van der Waals surface area (Å²) in [5.41, 5.74) is 1.22. The third-order valence-electron chi connectivity index (χ3n) is 3.36. The van der Waals surface area contributed by atoms with Crippen molar-refractivity contribution in [2.24, 2.45) is 0 Å². The lowest BCUT2D eigenvalue weighted by molar-refractivity contribution is -0.122. The number of rotatable bonds is 2. The van der Waals surface area contributed by atoms with Crippen LogP contribution in [0.3, 0.4) is 0 Å². The Morgan fingerprint density at radius 1 is 1.13 bits per heavy atom. The lowest BCUT2D eigenvalue weighted by Gasteiger charge is -2.26. The Bertz CT molecular complexity index is 839. The molecule has 23 heavy (non-hydrogen) atoms. The van der Waals surface area contributed by atoms with Crippen LogP contribution in [-0.4, -0.2) is 17.8 Å². The van der Waals surface area contributed by atoms with Gasteiger partial charge in [-0.1, -0.05) is 11.6 Å². The Hall–Kier alpha value is -2.44. The molecule has 4 amide bonds. The minimum Gasteiger partial charge on any atom is -0.273 e. The number of amides is 4. The topological polar surface area (TPSA) is 66.5 Å². The molecule has 2 heterocycles. The van der Waals surface area contributed by atoms with Crippen LogP contribution in [0.25, 0.3) is 6.08 Å². The number of hydrogen-bond acceptors (Lipinski definition) is 4. The number of barbiturate groups is 1. The molecule has 0 spiro atoms. The maximum Gasteiger partial charge on any atom is 0.335 e. The molecular weight excluding hydrogens is 336 g/mol. The number of aryl methyl sites for hydroxylation is 1. The summed E-state index contributed by atoms with van der Waals surface area (Å²) in [5, 5.41) is 4.54. The third-order valence-corrected chi connectivity index (χ3v) is 4.58. The maximum absolute atomic E-state index is 12.6. The minimum absolute atomic E-state index is 0.0786. The molecule has 1 saturated heterocycles. The van der Waals surface area contributed by atoms with Gasteiger partial charge in [0.2, 0.25) is 0 Å². The monoisotopic (exact) mass is 346 g/mol. The molecule has 1 aliphatic rings. The first-order chi connectivity index (χ1) is 11.0. The first-order valence-electron chi connectivity index (χ1n) is 6.68. The van der Waals surface area contributed by atoms with E-state index in [-0.39, 0.29) is 5.57 Å². The second kappa shape index (κ2) is 5.98. The van der Waals surface area contributed by atoms with E-state index >= 15 is 0 Å². The highest BCUT2D eigenvalue weighted by Crippen LogP contribution is 2.25. The molecule has 7 heteroatoms. The normalized spacial score (nSPS) is 16.9. The van der Waals surface area contributed by atoms with E-state index in [2.05, 4.69) is 5.32 Å². The van der Waals surface area contributed by atoms with Crippen molar-refractivity contribution in [3.8, 4) is 0 Å². The van der Waals surface area contributed by atoms with Gasteiger partial charge in [-0.05, 0) is 54.3 Å². The van der Waals surface area contributed by atoms with Crippen molar-refractivity contribution in [3.05, 3.63) is 56.7 Å². The van der Waals surface area contributed by atoms with Gasteiger partial charge >= 0.3 is 6.03 Å². The zero-order chi connectivity index (χ0) is 16.6. The molecule has 1 N–H and O–H groups in total. The summed E-state index contributed by atoms with van der Waals surface area (Å²) in [4.78, 5) is 38.4. The predicted molar refractivity (Wildman–Crippen MR) is 89.5 cm³/mol. The van der Waals surface area contributed by atoms with Crippen LogP contribution in [0, 0.1) is 6.92 Å². The van der Waals surface area contributed by atoms with Crippen LogP contribution in [0.1, 0.15) is 10.4 Å². The SMILES string of the molecule is Cc1ccsc1/C=C1/C(=O)NC(=O)N(c2ccc(Cl)cc2)C1=O. The molecule has 1 fully saturated rings. The number of halogens is 1. The zero-order valence-electron chi connectivity index (χ0n) is 12.0. The van der Waals surface area contributed by atoms with E-state index in [1.807, 2.05) is 18.4 Å². The molecule has 116 valence electrons. The lowest BCUT2D eigenvalue weighted by Crippen LogP contribution is -2.54. The highest BCUT2D eigenvalue weighted by atomic mass is 35.5. The Morgan fingerprint density at radius 2 is 1.83 bits per heavy atom. The number of nitrogens with one attached hydrogen (secondary N) is 1. The van der Waals surface area contributed by atoms with E-state index in [9.17, 15) is 14.4 Å². The fourth-order valence-electron chi connectivity index (χ4n) is 2.15. The Balaban J connectivity index is 2.02. The number of thiophene rings is 1. The quantitative estimate of drug-likeness (QED) is 0.669. The summed E-state index contributed by atoms with van der Waals surface area (Å²) in [6.07, 6.45) is 1.51. The van der Waals surface area contributed by atoms with E-state index < -0.39 is 17.8 Å². The van der Waals surface area contributed by atoms with Crippen molar-refractivity contribution < 1.29 is 14.4 Å². The van der Waals surface area contributed by atoms with E-state index in [4.69, 9.17) is 11.6 Å². The van der Waals surface area contributed by atoms with Gasteiger partial charge in [0.05, 0.1) is 5.69 Å². The van der Waals surface area contributed by atoms with Gasteiger partial charge in [-0.2, -0.15) is 0 Å². The molecule has 3 rings (SSSR count). The summed E-state index contributed by atoms with van der Waals surface area (Å²) in [6.45, 7) is 1.89. The molecule has 0 bridgehead atoms. The van der Waals surface area contributed by atoms with Crippen LogP contribution in [0.5, 0.6) is 0 Å². The molecule has 0 atom stereocenters. The molecule has 1 aliphatic heterocycles. The number of benzene rings is 1. The molecule has 5 nitrogen and oxygen atoms in total. The van der Waals surface area contributed by atoms with Crippen LogP contribution < -0.4 is 10.2 Å². The average Bonchev–Trinajstić information content (AvgIpc) is 2.90. The summed E-state index contributed by atoms with van der Waals surface area (Å²) < 4.78 is 0. The molecule has 2 aromatic rings. The van der Waals surface area contributed by atoms with Gasteiger partial charge in [-0.3, -0.25) is 14.9 Å². The van der Waals surface area contributed by atoms with Gasteiger partial charge in [-0.15, -0.1) is 11.3 Å². The maximum atomic E-state index is 12.6. The van der Waals surface area contributed by atoms with Gasteiger partial charge in [-0.25, -0.2) is 9.69 Å². The molecule has 1 aromatic heterocycles. The van der Waals surface area contributed by atoms with Crippen molar-refractivity contribution in [1.29, 1.82) is 0 Å². The van der Waals surface area contributed by atoms with Crippen LogP contribution in [0.15, 0.2) is 41.3 Å². The van der Waals surface area contributed by atoms with Crippen LogP contribution >= 0.6 is 22.9 Å². The smallest absolute Gasteiger partial charge is 0.273 e. The Kier molecular flexibility index (Phi) is 4.02. The Labute approximate surface area is 141 Å². The van der Waals surface area contributed by atoms with Crippen molar-refractivity contribution >= 4 is 52.5 Å². The van der Waals surface area contributed by atoms with Crippen LogP contribution in [0.2, 0.25) is 5.02 Å². The lowest BCUT2D eigenvalue weighted by atomic mass is 10.1. The van der Waals surface area contributed by atoms with Crippen molar-refractivity contribution in [1.82, 2.24) is 5.32 Å². The van der Waals surface area contributed by atoms with Gasteiger partial charge in [0, 0.05) is 9.90 Å². The largest absolute Gasteiger partial charge is 0.335 e. The molecule has 0 unspecified atom stereocenters. The van der Waals surface area contributed by atoms with Gasteiger partial charge in [0.15, 0.2) is 0 Å². The number of carbonyl (C=O) groups excluding carboxylic acids is 3. The number of imide groups is 2. The Morgan fingerprint density at radius 3 is 2.43 bits per heavy atom. The molecule has 0 radical (unpaired) electrons. The molecular formula is C16H11ClN2O3S. The summed E-state index contributed by atoms with van der Waals surface area (Å²) in [7, 11) is 0. The van der Waals surface area contributed by atoms with Gasteiger partial charge in [0.1, 0.15) is 5.57 Å². The average molecular weight is 347 g/mol. The fourth-order valence-corrected chi connectivity index (χ4v) is 3.13. The summed E-state index contributed by atoms with van der Waals surface area (Å²) >= 11 is 7.24. The third kappa shape index (κ3) is 2.91. The number of carbonyl (C=O) groups is 3. The highest BCUT2D eigenvalue weighted by Gasteiger charge is 2.36. The van der Waals surface area contributed by atoms with Crippen molar-refractivity contribution in [2.75, 3.05) is 4.90 Å². The minimum atomic E-state index is -0.776. The van der Waals surface area contributed by atoms with E-state index in [0.29, 0.717) is 10.7 Å². The molecule has 0 saturated carbocycles. The number of nitrogens with zero attached hydrogens (tertiary/aromatic N) is 1. The first kappa shape index (κ1) is 15.5. The number of anilines is 1. The second-order valence-electron chi connectivity index (χ2n) is 4.90. The van der Waals surface area contributed by atoms with E-state index in [1.165, 1.54) is 17.4 Å². The summed E-state index contributed by atoms with van der Waals surface area (Å²) in [5.74, 6) is -1.35. The van der Waals surface area contributed by atoms with Crippen molar-refractivity contribution in [3.63, 3.8) is 0 Å². The number of hydrogen-bond donors (Lipinski definition) is 1. The molecule has 0 aliphatic carbocycles. The van der Waals surface area contributed by atoms with Crippen LogP contribution in [0.4, 0.5) is 10.5 Å². The predicted octanol–water partition coefficient (Wildman–Crippen LogP) is 3.38. The van der Waals surface area contributed by atoms with Gasteiger partial charge in [0.25, 0.3) is 11.8 Å². The highest BCUT2D eigenvalue weighted by molar-refractivity contribution is 7.11. The van der Waals surface area contributed by atoms with E-state index in [1.54, 1.807) is 24.3 Å². The fraction of sp³-hybridized carbons (Fsp3) is 0.0625. The first-order valence-corrected chi connectivity index (χ1v) is 7.94. The second-order valence-corrected chi connectivity index (χ2v) is 6.29. The van der Waals surface area contributed by atoms with Gasteiger partial charge < -0.3 is 0 Å². The zero-order valence-corrected chi connectivity index (χ0v) is 13.6. The molecule has 1 aromatic carbocycles. The van der Waals surface area contributed by atoms with Crippen molar-refractivity contribution in [2.45, 2.75) is 6.92 Å². The standard InChI is InChI=1S/C16H11ClN2O3S/c1-9-6-7-23-13(9)8-12-14(20)18-16(22)19(15(12)21)11-4-2-10(17)3-5-11/h2-8H,1H3,(H,18,20,22)/b12-8-. The van der Waals surface area contributed by atoms with E-state index in [0.717, 1.165) is 15.3 Å². The van der Waals surface area contributed by atoms with Crippen LogP contribution in [-0.2, 0) is 9.59 Å².